The van der Waals surface area contributed by atoms with E-state index in [0.29, 0.717) is 5.75 Å². The van der Waals surface area contributed by atoms with Gasteiger partial charge in [0, 0.05) is 12.6 Å². The Morgan fingerprint density at radius 2 is 2.24 bits per heavy atom. The Labute approximate surface area is 107 Å². The van der Waals surface area contributed by atoms with Crippen LogP contribution in [0.2, 0.25) is 5.02 Å². The average Bonchev–Trinajstić information content (AvgIpc) is 2.30. The Hall–Kier alpha value is -0.800. The van der Waals surface area contributed by atoms with Gasteiger partial charge in [-0.05, 0) is 32.0 Å². The van der Waals surface area contributed by atoms with E-state index in [4.69, 9.17) is 16.3 Å². The molecule has 0 fully saturated rings. The third-order valence-corrected chi connectivity index (χ3v) is 2.67. The summed E-state index contributed by atoms with van der Waals surface area (Å²) in [5, 5.41) is 3.40. The lowest BCUT2D eigenvalue weighted by Gasteiger charge is -2.15. The van der Waals surface area contributed by atoms with E-state index in [2.05, 4.69) is 12.2 Å². The molecule has 0 aliphatic rings. The summed E-state index contributed by atoms with van der Waals surface area (Å²) in [6.07, 6.45) is 2.33. The summed E-state index contributed by atoms with van der Waals surface area (Å²) >= 11 is 5.59. The van der Waals surface area contributed by atoms with Gasteiger partial charge < -0.3 is 10.1 Å². The van der Waals surface area contributed by atoms with Crippen LogP contribution in [0.25, 0.3) is 0 Å². The lowest BCUT2D eigenvalue weighted by Crippen LogP contribution is -2.29. The Morgan fingerprint density at radius 3 is 2.88 bits per heavy atom. The van der Waals surface area contributed by atoms with Crippen molar-refractivity contribution >= 4 is 11.6 Å². The molecule has 0 saturated heterocycles. The monoisotopic (exact) mass is 259 g/mol. The zero-order valence-corrected chi connectivity index (χ0v) is 11.1. The smallest absolute Gasteiger partial charge is 0.145 e. The van der Waals surface area contributed by atoms with Gasteiger partial charge >= 0.3 is 0 Å². The molecule has 0 aromatic heterocycles. The molecule has 1 aromatic carbocycles. The molecule has 1 atom stereocenters. The largest absolute Gasteiger partial charge is 0.489 e. The fraction of sp³-hybridized carbons (Fsp3) is 0.538. The number of hydrogen-bond acceptors (Lipinski definition) is 2. The molecule has 96 valence electrons. The molecule has 1 aromatic rings. The first-order chi connectivity index (χ1) is 8.13. The van der Waals surface area contributed by atoms with Gasteiger partial charge in [-0.25, -0.2) is 4.39 Å². The van der Waals surface area contributed by atoms with E-state index in [1.54, 1.807) is 6.07 Å². The maximum absolute atomic E-state index is 13.2. The van der Waals surface area contributed by atoms with E-state index in [1.165, 1.54) is 18.6 Å². The second-order valence-corrected chi connectivity index (χ2v) is 4.47. The fourth-order valence-electron chi connectivity index (χ4n) is 1.43. The molecule has 1 N–H and O–H groups in total. The maximum atomic E-state index is 13.2. The highest BCUT2D eigenvalue weighted by molar-refractivity contribution is 6.30. The van der Waals surface area contributed by atoms with Crippen LogP contribution in [-0.2, 0) is 0 Å². The van der Waals surface area contributed by atoms with E-state index in [9.17, 15) is 4.39 Å². The van der Waals surface area contributed by atoms with Gasteiger partial charge in [0.2, 0.25) is 0 Å². The van der Waals surface area contributed by atoms with Gasteiger partial charge in [0.1, 0.15) is 17.7 Å². The normalized spacial score (nSPS) is 12.5. The van der Waals surface area contributed by atoms with Gasteiger partial charge in [0.05, 0.1) is 5.02 Å². The van der Waals surface area contributed by atoms with E-state index < -0.39 is 5.82 Å². The molecular formula is C13H19ClFNO. The van der Waals surface area contributed by atoms with Crippen LogP contribution in [0.5, 0.6) is 5.75 Å². The number of ether oxygens (including phenoxy) is 1. The van der Waals surface area contributed by atoms with Crippen LogP contribution < -0.4 is 10.1 Å². The minimum atomic E-state index is -0.449. The van der Waals surface area contributed by atoms with Crippen LogP contribution in [0.4, 0.5) is 4.39 Å². The van der Waals surface area contributed by atoms with Gasteiger partial charge in [-0.2, -0.15) is 0 Å². The van der Waals surface area contributed by atoms with Crippen molar-refractivity contribution in [3.8, 4) is 5.75 Å². The van der Waals surface area contributed by atoms with Gasteiger partial charge in [0.15, 0.2) is 0 Å². The summed E-state index contributed by atoms with van der Waals surface area (Å²) in [6, 6.07) is 4.49. The molecule has 0 radical (unpaired) electrons. The van der Waals surface area contributed by atoms with E-state index in [1.807, 2.05) is 6.92 Å². The lowest BCUT2D eigenvalue weighted by atomic mass is 10.3. The molecule has 1 unspecified atom stereocenters. The molecule has 2 nitrogen and oxygen atoms in total. The second kappa shape index (κ2) is 7.51. The third kappa shape index (κ3) is 5.37. The fourth-order valence-corrected chi connectivity index (χ4v) is 1.55. The number of benzene rings is 1. The van der Waals surface area contributed by atoms with E-state index >= 15 is 0 Å². The Kier molecular flexibility index (Phi) is 6.30. The summed E-state index contributed by atoms with van der Waals surface area (Å²) in [5.41, 5.74) is 0. The lowest BCUT2D eigenvalue weighted by molar-refractivity contribution is 0.216. The Morgan fingerprint density at radius 1 is 1.47 bits per heavy atom. The Balaban J connectivity index is 2.34. The van der Waals surface area contributed by atoms with Crippen molar-refractivity contribution in [3.05, 3.63) is 29.0 Å². The molecule has 0 aliphatic carbocycles. The first-order valence-electron chi connectivity index (χ1n) is 5.96. The topological polar surface area (TPSA) is 21.3 Å². The first-order valence-corrected chi connectivity index (χ1v) is 6.33. The Bertz CT molecular complexity index is 346. The third-order valence-electron chi connectivity index (χ3n) is 2.37. The molecule has 1 rings (SSSR count). The van der Waals surface area contributed by atoms with Gasteiger partial charge in [-0.3, -0.25) is 0 Å². The minimum Gasteiger partial charge on any atom is -0.489 e. The molecule has 0 amide bonds. The molecule has 4 heteroatoms. The minimum absolute atomic E-state index is 0.00688. The second-order valence-electron chi connectivity index (χ2n) is 4.06. The molecule has 0 bridgehead atoms. The molecule has 0 heterocycles. The zero-order valence-electron chi connectivity index (χ0n) is 10.3. The van der Waals surface area contributed by atoms with Crippen LogP contribution in [0.1, 0.15) is 26.7 Å². The number of hydrogen-bond donors (Lipinski definition) is 1. The van der Waals surface area contributed by atoms with Crippen molar-refractivity contribution in [1.82, 2.24) is 5.32 Å². The molecule has 0 aliphatic heterocycles. The maximum Gasteiger partial charge on any atom is 0.145 e. The van der Waals surface area contributed by atoms with Crippen molar-refractivity contribution in [3.63, 3.8) is 0 Å². The average molecular weight is 260 g/mol. The predicted octanol–water partition coefficient (Wildman–Crippen LogP) is 3.64. The van der Waals surface area contributed by atoms with Gasteiger partial charge in [0.25, 0.3) is 0 Å². The molecule has 0 saturated carbocycles. The number of nitrogens with one attached hydrogen (secondary N) is 1. The molecule has 17 heavy (non-hydrogen) atoms. The quantitative estimate of drug-likeness (QED) is 0.755. The van der Waals surface area contributed by atoms with Crippen molar-refractivity contribution in [1.29, 1.82) is 0 Å². The van der Waals surface area contributed by atoms with Crippen LogP contribution in [0.15, 0.2) is 18.2 Å². The van der Waals surface area contributed by atoms with Crippen molar-refractivity contribution in [2.24, 2.45) is 0 Å². The summed E-state index contributed by atoms with van der Waals surface area (Å²) in [7, 11) is 0. The van der Waals surface area contributed by atoms with Gasteiger partial charge in [-0.1, -0.05) is 24.9 Å². The highest BCUT2D eigenvalue weighted by Crippen LogP contribution is 2.21. The SMILES string of the molecule is CCCCNCC(C)Oc1ccc(Cl)c(F)c1. The molecular weight excluding hydrogens is 241 g/mol. The highest BCUT2D eigenvalue weighted by atomic mass is 35.5. The summed E-state index contributed by atoms with van der Waals surface area (Å²) in [5.74, 6) is 0.0620. The molecule has 0 spiro atoms. The van der Waals surface area contributed by atoms with Crippen LogP contribution in [-0.4, -0.2) is 19.2 Å². The number of unbranched alkanes of at least 4 members (excludes halogenated alkanes) is 1. The highest BCUT2D eigenvalue weighted by Gasteiger charge is 2.06. The van der Waals surface area contributed by atoms with Crippen LogP contribution in [0.3, 0.4) is 0 Å². The van der Waals surface area contributed by atoms with Gasteiger partial charge in [-0.15, -0.1) is 0 Å². The summed E-state index contributed by atoms with van der Waals surface area (Å²) < 4.78 is 18.7. The standard InChI is InChI=1S/C13H19ClFNO/c1-3-4-7-16-9-10(2)17-11-5-6-12(14)13(15)8-11/h5-6,8,10,16H,3-4,7,9H2,1-2H3. The summed E-state index contributed by atoms with van der Waals surface area (Å²) in [4.78, 5) is 0. The first kappa shape index (κ1) is 14.3. The van der Waals surface area contributed by atoms with Crippen LogP contribution >= 0.6 is 11.6 Å². The zero-order chi connectivity index (χ0) is 12.7. The van der Waals surface area contributed by atoms with Crippen molar-refractivity contribution < 1.29 is 9.13 Å². The van der Waals surface area contributed by atoms with E-state index in [-0.39, 0.29) is 11.1 Å². The predicted molar refractivity (Wildman–Crippen MR) is 69.3 cm³/mol. The van der Waals surface area contributed by atoms with E-state index in [0.717, 1.165) is 19.5 Å². The van der Waals surface area contributed by atoms with Crippen molar-refractivity contribution in [2.45, 2.75) is 32.8 Å². The summed E-state index contributed by atoms with van der Waals surface area (Å²) in [6.45, 7) is 5.84. The number of halogens is 2. The van der Waals surface area contributed by atoms with Crippen LogP contribution in [0, 0.1) is 5.82 Å². The van der Waals surface area contributed by atoms with Crippen molar-refractivity contribution in [2.75, 3.05) is 13.1 Å². The number of rotatable bonds is 7.